The first-order valence-corrected chi connectivity index (χ1v) is 12.4. The number of fused-ring (bicyclic) bond motifs is 1. The van der Waals surface area contributed by atoms with E-state index in [9.17, 15) is 4.39 Å². The molecule has 1 unspecified atom stereocenters. The lowest BCUT2D eigenvalue weighted by atomic mass is 10.1. The number of anilines is 1. The number of rotatable bonds is 7. The van der Waals surface area contributed by atoms with Crippen molar-refractivity contribution in [3.8, 4) is 16.3 Å². The molecule has 1 atom stereocenters. The Morgan fingerprint density at radius 3 is 2.66 bits per heavy atom. The summed E-state index contributed by atoms with van der Waals surface area (Å²) in [5.41, 5.74) is 3.39. The van der Waals surface area contributed by atoms with E-state index >= 15 is 0 Å². The molecule has 2 aromatic carbocycles. The van der Waals surface area contributed by atoms with Crippen molar-refractivity contribution in [1.82, 2.24) is 9.88 Å². The molecule has 1 saturated heterocycles. The summed E-state index contributed by atoms with van der Waals surface area (Å²) in [6.07, 6.45) is 4.64. The van der Waals surface area contributed by atoms with Gasteiger partial charge in [-0.3, -0.25) is 0 Å². The normalized spacial score (nSPS) is 18.7. The maximum Gasteiger partial charge on any atom is 0.123 e. The molecule has 168 valence electrons. The van der Waals surface area contributed by atoms with Gasteiger partial charge < -0.3 is 14.5 Å². The lowest BCUT2D eigenvalue weighted by molar-refractivity contribution is 0.230. The maximum absolute atomic E-state index is 13.2. The first-order valence-electron chi connectivity index (χ1n) is 11.6. The fourth-order valence-corrected chi connectivity index (χ4v) is 5.80. The van der Waals surface area contributed by atoms with E-state index in [0.29, 0.717) is 0 Å². The molecule has 0 amide bonds. The quantitative estimate of drug-likeness (QED) is 0.427. The third-order valence-electron chi connectivity index (χ3n) is 6.57. The molecule has 0 saturated carbocycles. The smallest absolute Gasteiger partial charge is 0.123 e. The van der Waals surface area contributed by atoms with Crippen LogP contribution in [-0.2, 0) is 13.0 Å². The second kappa shape index (κ2) is 9.59. The Bertz CT molecular complexity index is 1030. The number of thiazole rings is 1. The molecular weight excluding hydrogens is 421 g/mol. The van der Waals surface area contributed by atoms with Gasteiger partial charge in [-0.15, -0.1) is 11.3 Å². The van der Waals surface area contributed by atoms with E-state index in [1.165, 1.54) is 42.1 Å². The zero-order valence-corrected chi connectivity index (χ0v) is 19.4. The van der Waals surface area contributed by atoms with Crippen LogP contribution >= 0.6 is 11.3 Å². The fraction of sp³-hybridized carbons (Fsp3) is 0.423. The molecular formula is C26H30FN3OS. The molecule has 0 bridgehead atoms. The van der Waals surface area contributed by atoms with Crippen molar-refractivity contribution in [3.05, 3.63) is 64.9 Å². The number of hydrogen-bond acceptors (Lipinski definition) is 5. The monoisotopic (exact) mass is 451 g/mol. The number of benzene rings is 2. The van der Waals surface area contributed by atoms with Crippen molar-refractivity contribution in [2.45, 2.75) is 45.2 Å². The second-order valence-corrected chi connectivity index (χ2v) is 9.87. The Morgan fingerprint density at radius 2 is 1.91 bits per heavy atom. The zero-order valence-electron chi connectivity index (χ0n) is 18.6. The van der Waals surface area contributed by atoms with Crippen LogP contribution in [-0.4, -0.2) is 42.2 Å². The molecule has 0 radical (unpaired) electrons. The van der Waals surface area contributed by atoms with E-state index in [2.05, 4.69) is 41.0 Å². The predicted molar refractivity (Wildman–Crippen MR) is 129 cm³/mol. The van der Waals surface area contributed by atoms with Gasteiger partial charge in [-0.25, -0.2) is 9.37 Å². The van der Waals surface area contributed by atoms with E-state index in [4.69, 9.17) is 9.72 Å². The van der Waals surface area contributed by atoms with Crippen molar-refractivity contribution >= 4 is 17.0 Å². The van der Waals surface area contributed by atoms with Crippen molar-refractivity contribution < 1.29 is 9.13 Å². The standard InChI is InChI=1S/C26H30FN3OS/c1-19-4-2-14-29(19)15-3-17-31-23-11-5-20(6-12-23)26-28-24-13-16-30(18-25(24)32-26)22-9-7-21(27)8-10-22/h5-12,19H,2-4,13-18H2,1H3. The SMILES string of the molecule is CC1CCCN1CCCOc1ccc(-c2nc3c(s2)CN(c2ccc(F)cc2)CC3)cc1. The highest BCUT2D eigenvalue weighted by Gasteiger charge is 2.22. The van der Waals surface area contributed by atoms with Crippen LogP contribution in [0.5, 0.6) is 5.75 Å². The predicted octanol–water partition coefficient (Wildman–Crippen LogP) is 5.77. The summed E-state index contributed by atoms with van der Waals surface area (Å²) in [7, 11) is 0. The van der Waals surface area contributed by atoms with Crippen LogP contribution in [0.15, 0.2) is 48.5 Å². The Kier molecular flexibility index (Phi) is 6.42. The molecule has 3 heterocycles. The van der Waals surface area contributed by atoms with Crippen LogP contribution in [0.2, 0.25) is 0 Å². The van der Waals surface area contributed by atoms with Crippen molar-refractivity contribution in [2.75, 3.05) is 31.1 Å². The van der Waals surface area contributed by atoms with Crippen LogP contribution in [0.25, 0.3) is 10.6 Å². The Balaban J connectivity index is 1.17. The fourth-order valence-electron chi connectivity index (χ4n) is 4.67. The summed E-state index contributed by atoms with van der Waals surface area (Å²) in [4.78, 5) is 11.1. The summed E-state index contributed by atoms with van der Waals surface area (Å²) < 4.78 is 19.2. The Labute approximate surface area is 193 Å². The lowest BCUT2D eigenvalue weighted by Gasteiger charge is -2.28. The molecule has 1 fully saturated rings. The van der Waals surface area contributed by atoms with Gasteiger partial charge in [0.05, 0.1) is 18.8 Å². The van der Waals surface area contributed by atoms with E-state index in [1.807, 2.05) is 12.1 Å². The molecule has 6 heteroatoms. The first-order chi connectivity index (χ1) is 15.7. The minimum absolute atomic E-state index is 0.194. The van der Waals surface area contributed by atoms with Crippen LogP contribution in [0.4, 0.5) is 10.1 Å². The number of aromatic nitrogens is 1. The minimum atomic E-state index is -0.194. The number of ether oxygens (including phenoxy) is 1. The Morgan fingerprint density at radius 1 is 1.09 bits per heavy atom. The minimum Gasteiger partial charge on any atom is -0.494 e. The van der Waals surface area contributed by atoms with Gasteiger partial charge >= 0.3 is 0 Å². The molecule has 3 aromatic rings. The number of likely N-dealkylation sites (tertiary alicyclic amines) is 1. The second-order valence-electron chi connectivity index (χ2n) is 8.79. The molecule has 32 heavy (non-hydrogen) atoms. The molecule has 2 aliphatic rings. The van der Waals surface area contributed by atoms with Crippen molar-refractivity contribution in [1.29, 1.82) is 0 Å². The zero-order chi connectivity index (χ0) is 21.9. The summed E-state index contributed by atoms with van der Waals surface area (Å²) in [6.45, 7) is 7.17. The van der Waals surface area contributed by atoms with Gasteiger partial charge in [-0.2, -0.15) is 0 Å². The number of nitrogens with zero attached hydrogens (tertiary/aromatic N) is 3. The molecule has 5 rings (SSSR count). The van der Waals surface area contributed by atoms with Gasteiger partial charge in [0, 0.05) is 41.7 Å². The van der Waals surface area contributed by atoms with E-state index < -0.39 is 0 Å². The molecule has 0 N–H and O–H groups in total. The van der Waals surface area contributed by atoms with Gasteiger partial charge in [0.1, 0.15) is 16.6 Å². The lowest BCUT2D eigenvalue weighted by Crippen LogP contribution is -2.29. The average molecular weight is 452 g/mol. The summed E-state index contributed by atoms with van der Waals surface area (Å²) >= 11 is 1.76. The van der Waals surface area contributed by atoms with E-state index in [1.54, 1.807) is 11.3 Å². The highest BCUT2D eigenvalue weighted by Crippen LogP contribution is 2.34. The Hall–Kier alpha value is -2.44. The van der Waals surface area contributed by atoms with Gasteiger partial charge in [0.15, 0.2) is 0 Å². The highest BCUT2D eigenvalue weighted by molar-refractivity contribution is 7.15. The van der Waals surface area contributed by atoms with Crippen molar-refractivity contribution in [2.24, 2.45) is 0 Å². The number of halogens is 1. The third-order valence-corrected chi connectivity index (χ3v) is 7.70. The van der Waals surface area contributed by atoms with E-state index in [-0.39, 0.29) is 5.82 Å². The van der Waals surface area contributed by atoms with Crippen LogP contribution in [0.1, 0.15) is 36.8 Å². The van der Waals surface area contributed by atoms with Gasteiger partial charge in [0.2, 0.25) is 0 Å². The van der Waals surface area contributed by atoms with Gasteiger partial charge in [-0.05, 0) is 81.3 Å². The average Bonchev–Trinajstić information content (AvgIpc) is 3.43. The largest absolute Gasteiger partial charge is 0.494 e. The molecule has 1 aromatic heterocycles. The van der Waals surface area contributed by atoms with Crippen LogP contribution in [0.3, 0.4) is 0 Å². The number of hydrogen-bond donors (Lipinski definition) is 0. The molecule has 4 nitrogen and oxygen atoms in total. The maximum atomic E-state index is 13.2. The highest BCUT2D eigenvalue weighted by atomic mass is 32.1. The van der Waals surface area contributed by atoms with Crippen LogP contribution < -0.4 is 9.64 Å². The third kappa shape index (κ3) is 4.81. The summed E-state index contributed by atoms with van der Waals surface area (Å²) in [6, 6.07) is 15.8. The summed E-state index contributed by atoms with van der Waals surface area (Å²) in [5, 5.41) is 1.06. The summed E-state index contributed by atoms with van der Waals surface area (Å²) in [5.74, 6) is 0.729. The van der Waals surface area contributed by atoms with Gasteiger partial charge in [-0.1, -0.05) is 0 Å². The topological polar surface area (TPSA) is 28.6 Å². The molecule has 2 aliphatic heterocycles. The van der Waals surface area contributed by atoms with E-state index in [0.717, 1.165) is 67.1 Å². The van der Waals surface area contributed by atoms with Crippen LogP contribution in [0, 0.1) is 5.82 Å². The van der Waals surface area contributed by atoms with Crippen molar-refractivity contribution in [3.63, 3.8) is 0 Å². The molecule has 0 spiro atoms. The molecule has 0 aliphatic carbocycles. The van der Waals surface area contributed by atoms with Gasteiger partial charge in [0.25, 0.3) is 0 Å². The first kappa shape index (κ1) is 21.4.